The summed E-state index contributed by atoms with van der Waals surface area (Å²) >= 11 is -1.94. The molecule has 0 atom stereocenters. The predicted octanol–water partition coefficient (Wildman–Crippen LogP) is 1.20. The number of hydrogen-bond donors (Lipinski definition) is 0. The Labute approximate surface area is 69.8 Å². The molecule has 3 heteroatoms. The number of nitrogens with zero attached hydrogens (tertiary/aromatic N) is 2. The molecule has 0 amide bonds. The van der Waals surface area contributed by atoms with Gasteiger partial charge in [-0.2, -0.15) is 0 Å². The molecule has 62 valence electrons. The minimum absolute atomic E-state index is 1.36. The van der Waals surface area contributed by atoms with Crippen molar-refractivity contribution in [2.75, 3.05) is 28.2 Å². The second-order valence-corrected chi connectivity index (χ2v) is 17.4. The Morgan fingerprint density at radius 3 is 1.30 bits per heavy atom. The molecule has 0 saturated carbocycles. The molecular formula is C7H20N2Sn. The maximum absolute atomic E-state index is 2.45. The Hall–Kier alpha value is 0.719. The van der Waals surface area contributed by atoms with Gasteiger partial charge >= 0.3 is 69.7 Å². The van der Waals surface area contributed by atoms with Crippen molar-refractivity contribution < 1.29 is 0 Å². The van der Waals surface area contributed by atoms with E-state index in [0.29, 0.717) is 0 Å². The normalized spacial score (nSPS) is 13.2. The fourth-order valence-electron chi connectivity index (χ4n) is 1.03. The molecule has 0 aromatic heterocycles. The third-order valence-electron chi connectivity index (χ3n) is 2.60. The molecular weight excluding hydrogens is 231 g/mol. The summed E-state index contributed by atoms with van der Waals surface area (Å²) in [5, 5.41) is 0. The zero-order chi connectivity index (χ0) is 8.36. The average molecular weight is 251 g/mol. The summed E-state index contributed by atoms with van der Waals surface area (Å²) in [5.74, 6) is 0. The summed E-state index contributed by atoms with van der Waals surface area (Å²) in [6.07, 6.45) is 0. The summed E-state index contributed by atoms with van der Waals surface area (Å²) in [6.45, 7) is 2.30. The van der Waals surface area contributed by atoms with E-state index in [2.05, 4.69) is 46.3 Å². The second kappa shape index (κ2) is 3.93. The van der Waals surface area contributed by atoms with E-state index in [1.54, 1.807) is 0 Å². The van der Waals surface area contributed by atoms with E-state index in [-0.39, 0.29) is 0 Å². The van der Waals surface area contributed by atoms with E-state index >= 15 is 0 Å². The molecule has 10 heavy (non-hydrogen) atoms. The van der Waals surface area contributed by atoms with Crippen LogP contribution >= 0.6 is 0 Å². The van der Waals surface area contributed by atoms with Crippen LogP contribution in [0.5, 0.6) is 0 Å². The number of hydrogen-bond acceptors (Lipinski definition) is 2. The quantitative estimate of drug-likeness (QED) is 0.695. The van der Waals surface area contributed by atoms with Crippen LogP contribution in [0, 0.1) is 0 Å². The van der Waals surface area contributed by atoms with E-state index in [4.69, 9.17) is 0 Å². The summed E-state index contributed by atoms with van der Waals surface area (Å²) in [4.78, 5) is 2.45. The zero-order valence-corrected chi connectivity index (χ0v) is 11.0. The van der Waals surface area contributed by atoms with Crippen molar-refractivity contribution in [1.82, 2.24) is 6.24 Å². The maximum atomic E-state index is 2.45. The SMILES string of the molecule is C[CH2][Sn]([CH3])([N](C)C)[N](C)C. The first-order valence-electron chi connectivity index (χ1n) is 3.80. The molecule has 2 nitrogen and oxygen atoms in total. The molecule has 0 aliphatic carbocycles. The Bertz CT molecular complexity index is 93.8. The summed E-state index contributed by atoms with van der Waals surface area (Å²) in [5.41, 5.74) is 0. The van der Waals surface area contributed by atoms with Gasteiger partial charge in [0, 0.05) is 0 Å². The van der Waals surface area contributed by atoms with Gasteiger partial charge in [-0.05, 0) is 0 Å². The fraction of sp³-hybridized carbons (Fsp3) is 1.00. The molecule has 0 aromatic carbocycles. The first-order chi connectivity index (χ1) is 4.45. The van der Waals surface area contributed by atoms with Crippen LogP contribution in [0.1, 0.15) is 6.92 Å². The van der Waals surface area contributed by atoms with Crippen LogP contribution in [0.25, 0.3) is 0 Å². The van der Waals surface area contributed by atoms with Crippen LogP contribution in [0.15, 0.2) is 0 Å². The molecule has 0 radical (unpaired) electrons. The summed E-state index contributed by atoms with van der Waals surface area (Å²) < 4.78 is 6.26. The molecule has 0 rings (SSSR count). The molecule has 0 bridgehead atoms. The van der Waals surface area contributed by atoms with Gasteiger partial charge in [0.25, 0.3) is 0 Å². The Morgan fingerprint density at radius 2 is 1.30 bits per heavy atom. The van der Waals surface area contributed by atoms with Gasteiger partial charge in [-0.15, -0.1) is 0 Å². The van der Waals surface area contributed by atoms with E-state index in [0.717, 1.165) is 0 Å². The molecule has 0 fully saturated rings. The van der Waals surface area contributed by atoms with E-state index in [1.165, 1.54) is 4.44 Å². The third kappa shape index (κ3) is 2.10. The topological polar surface area (TPSA) is 6.48 Å². The Balaban J connectivity index is 4.23. The first-order valence-corrected chi connectivity index (χ1v) is 11.2. The van der Waals surface area contributed by atoms with Gasteiger partial charge in [0.2, 0.25) is 0 Å². The Morgan fingerprint density at radius 1 is 1.00 bits per heavy atom. The average Bonchev–Trinajstić information content (AvgIpc) is 1.85. The van der Waals surface area contributed by atoms with E-state index in [1.807, 2.05) is 0 Å². The predicted molar refractivity (Wildman–Crippen MR) is 49.5 cm³/mol. The van der Waals surface area contributed by atoms with Crippen LogP contribution in [0.3, 0.4) is 0 Å². The minimum atomic E-state index is -1.94. The monoisotopic (exact) mass is 252 g/mol. The van der Waals surface area contributed by atoms with Gasteiger partial charge in [-0.1, -0.05) is 0 Å². The van der Waals surface area contributed by atoms with Crippen LogP contribution in [0.2, 0.25) is 9.38 Å². The summed E-state index contributed by atoms with van der Waals surface area (Å²) in [6, 6.07) is 0. The van der Waals surface area contributed by atoms with Gasteiger partial charge in [0.15, 0.2) is 0 Å². The van der Waals surface area contributed by atoms with Crippen molar-refractivity contribution in [1.29, 1.82) is 0 Å². The molecule has 0 heterocycles. The molecule has 0 aromatic rings. The van der Waals surface area contributed by atoms with Gasteiger partial charge in [0.1, 0.15) is 0 Å². The molecule has 0 N–H and O–H groups in total. The Kier molecular flexibility index (Phi) is 4.21. The van der Waals surface area contributed by atoms with Gasteiger partial charge in [-0.3, -0.25) is 0 Å². The van der Waals surface area contributed by atoms with Crippen LogP contribution < -0.4 is 0 Å². The van der Waals surface area contributed by atoms with Gasteiger partial charge in [0.05, 0.1) is 0 Å². The van der Waals surface area contributed by atoms with E-state index in [9.17, 15) is 0 Å². The molecule has 0 unspecified atom stereocenters. The van der Waals surface area contributed by atoms with Crippen LogP contribution in [-0.4, -0.2) is 53.4 Å². The molecule has 0 saturated heterocycles. The number of rotatable bonds is 3. The van der Waals surface area contributed by atoms with Gasteiger partial charge in [-0.25, -0.2) is 0 Å². The molecule has 0 aliphatic heterocycles. The molecule has 0 spiro atoms. The van der Waals surface area contributed by atoms with Crippen molar-refractivity contribution in [2.24, 2.45) is 0 Å². The van der Waals surface area contributed by atoms with E-state index < -0.39 is 18.9 Å². The van der Waals surface area contributed by atoms with Crippen molar-refractivity contribution in [3.05, 3.63) is 0 Å². The van der Waals surface area contributed by atoms with Crippen molar-refractivity contribution >= 4 is 18.9 Å². The van der Waals surface area contributed by atoms with Crippen molar-refractivity contribution in [2.45, 2.75) is 16.3 Å². The zero-order valence-electron chi connectivity index (χ0n) is 8.10. The fourth-order valence-corrected chi connectivity index (χ4v) is 6.93. The van der Waals surface area contributed by atoms with Crippen LogP contribution in [-0.2, 0) is 0 Å². The van der Waals surface area contributed by atoms with Gasteiger partial charge < -0.3 is 0 Å². The standard InChI is InChI=1S/2C2H6N.C2H5.CH3.Sn/c2*1-3-2;1-2;;/h2*1-2H3;1H2,2H3;1H3;/q2*-1;;;+2. The molecule has 0 aliphatic rings. The van der Waals surface area contributed by atoms with Crippen molar-refractivity contribution in [3.8, 4) is 0 Å². The first kappa shape index (κ1) is 10.7. The summed E-state index contributed by atoms with van der Waals surface area (Å²) in [7, 11) is 8.83. The third-order valence-corrected chi connectivity index (χ3v) is 17.4. The van der Waals surface area contributed by atoms with Crippen molar-refractivity contribution in [3.63, 3.8) is 0 Å². The second-order valence-electron chi connectivity index (χ2n) is 3.36. The van der Waals surface area contributed by atoms with Crippen LogP contribution in [0.4, 0.5) is 0 Å².